The number of nitrogens with one attached hydrogen (secondary N) is 1. The summed E-state index contributed by atoms with van der Waals surface area (Å²) in [7, 11) is 0. The van der Waals surface area contributed by atoms with Crippen molar-refractivity contribution in [3.8, 4) is 0 Å². The van der Waals surface area contributed by atoms with Gasteiger partial charge >= 0.3 is 0 Å². The van der Waals surface area contributed by atoms with Crippen LogP contribution in [-0.4, -0.2) is 18.4 Å². The molecule has 1 aliphatic rings. The number of rotatable bonds is 4. The summed E-state index contributed by atoms with van der Waals surface area (Å²) >= 11 is 1.58. The number of anilines is 2. The highest BCUT2D eigenvalue weighted by Gasteiger charge is 2.25. The van der Waals surface area contributed by atoms with Crippen LogP contribution in [0.25, 0.3) is 0 Å². The molecule has 1 N–H and O–H groups in total. The van der Waals surface area contributed by atoms with Crippen LogP contribution in [0.5, 0.6) is 0 Å². The fourth-order valence-corrected chi connectivity index (χ4v) is 3.91. The summed E-state index contributed by atoms with van der Waals surface area (Å²) in [5, 5.41) is 4.92. The molecule has 3 aromatic rings. The summed E-state index contributed by atoms with van der Waals surface area (Å²) in [6.07, 6.45) is 1.18. The standard InChI is InChI=1S/C21H18N2O2S/c24-20(14-18-7-4-12-26-18)22-17-8-9-19-16(13-17)10-11-23(19)21(25)15-5-2-1-3-6-15/h1-9,12-13H,10-11,14H2,(H,22,24). The number of thiophene rings is 1. The zero-order valence-corrected chi connectivity index (χ0v) is 15.0. The summed E-state index contributed by atoms with van der Waals surface area (Å²) in [4.78, 5) is 27.7. The molecule has 2 heterocycles. The van der Waals surface area contributed by atoms with E-state index in [1.54, 1.807) is 11.3 Å². The van der Waals surface area contributed by atoms with Gasteiger partial charge in [-0.05, 0) is 53.8 Å². The first-order valence-corrected chi connectivity index (χ1v) is 9.41. The molecule has 0 atom stereocenters. The van der Waals surface area contributed by atoms with Crippen LogP contribution in [0.15, 0.2) is 66.0 Å². The molecular weight excluding hydrogens is 344 g/mol. The van der Waals surface area contributed by atoms with Crippen molar-refractivity contribution in [1.29, 1.82) is 0 Å². The van der Waals surface area contributed by atoms with Gasteiger partial charge in [-0.25, -0.2) is 0 Å². The first-order chi connectivity index (χ1) is 12.7. The molecule has 5 heteroatoms. The zero-order valence-electron chi connectivity index (χ0n) is 14.1. The lowest BCUT2D eigenvalue weighted by Gasteiger charge is -2.17. The van der Waals surface area contributed by atoms with Crippen LogP contribution in [-0.2, 0) is 17.6 Å². The molecule has 0 saturated carbocycles. The molecule has 1 aliphatic heterocycles. The van der Waals surface area contributed by atoms with Crippen LogP contribution in [0.3, 0.4) is 0 Å². The van der Waals surface area contributed by atoms with Gasteiger partial charge in [0.15, 0.2) is 0 Å². The topological polar surface area (TPSA) is 49.4 Å². The Balaban J connectivity index is 1.48. The largest absolute Gasteiger partial charge is 0.326 e. The Morgan fingerprint density at radius 2 is 1.88 bits per heavy atom. The second-order valence-corrected chi connectivity index (χ2v) is 7.25. The zero-order chi connectivity index (χ0) is 17.9. The maximum Gasteiger partial charge on any atom is 0.258 e. The van der Waals surface area contributed by atoms with Gasteiger partial charge in [0.05, 0.1) is 6.42 Å². The number of fused-ring (bicyclic) bond motifs is 1. The van der Waals surface area contributed by atoms with Crippen molar-refractivity contribution in [2.75, 3.05) is 16.8 Å². The molecule has 1 aromatic heterocycles. The molecular formula is C21H18N2O2S. The second-order valence-electron chi connectivity index (χ2n) is 6.22. The monoisotopic (exact) mass is 362 g/mol. The third-order valence-electron chi connectivity index (χ3n) is 4.44. The molecule has 0 bridgehead atoms. The minimum Gasteiger partial charge on any atom is -0.326 e. The highest BCUT2D eigenvalue weighted by Crippen LogP contribution is 2.31. The minimum atomic E-state index is -0.0254. The predicted octanol–water partition coefficient (Wildman–Crippen LogP) is 4.13. The molecule has 4 rings (SSSR count). The van der Waals surface area contributed by atoms with Gasteiger partial charge in [-0.3, -0.25) is 9.59 Å². The lowest BCUT2D eigenvalue weighted by Crippen LogP contribution is -2.28. The lowest BCUT2D eigenvalue weighted by molar-refractivity contribution is -0.115. The van der Waals surface area contributed by atoms with E-state index in [-0.39, 0.29) is 11.8 Å². The van der Waals surface area contributed by atoms with Crippen molar-refractivity contribution < 1.29 is 9.59 Å². The summed E-state index contributed by atoms with van der Waals surface area (Å²) in [5.74, 6) is -0.0126. The van der Waals surface area contributed by atoms with E-state index in [9.17, 15) is 9.59 Å². The Kier molecular flexibility index (Phi) is 4.54. The van der Waals surface area contributed by atoms with Crippen molar-refractivity contribution in [3.63, 3.8) is 0 Å². The summed E-state index contributed by atoms with van der Waals surface area (Å²) in [5.41, 5.74) is 3.48. The molecule has 26 heavy (non-hydrogen) atoms. The molecule has 0 fully saturated rings. The Morgan fingerprint density at radius 3 is 2.65 bits per heavy atom. The van der Waals surface area contributed by atoms with Crippen molar-refractivity contribution in [1.82, 2.24) is 0 Å². The van der Waals surface area contributed by atoms with E-state index in [4.69, 9.17) is 0 Å². The molecule has 130 valence electrons. The van der Waals surface area contributed by atoms with E-state index in [0.717, 1.165) is 28.2 Å². The van der Waals surface area contributed by atoms with E-state index < -0.39 is 0 Å². The highest BCUT2D eigenvalue weighted by atomic mass is 32.1. The molecule has 0 unspecified atom stereocenters. The van der Waals surface area contributed by atoms with Gasteiger partial charge in [0.1, 0.15) is 0 Å². The Bertz CT molecular complexity index is 936. The number of benzene rings is 2. The van der Waals surface area contributed by atoms with Crippen LogP contribution < -0.4 is 10.2 Å². The Morgan fingerprint density at radius 1 is 1.04 bits per heavy atom. The van der Waals surface area contributed by atoms with E-state index in [1.807, 2.05) is 70.9 Å². The van der Waals surface area contributed by atoms with Gasteiger partial charge in [-0.2, -0.15) is 0 Å². The van der Waals surface area contributed by atoms with Gasteiger partial charge in [0, 0.05) is 28.4 Å². The SMILES string of the molecule is O=C(Cc1cccs1)Nc1ccc2c(c1)CCN2C(=O)c1ccccc1. The van der Waals surface area contributed by atoms with E-state index in [1.165, 1.54) is 0 Å². The average Bonchev–Trinajstić information content (AvgIpc) is 3.31. The van der Waals surface area contributed by atoms with Crippen molar-refractivity contribution >= 4 is 34.5 Å². The maximum atomic E-state index is 12.7. The van der Waals surface area contributed by atoms with Gasteiger partial charge in [0.2, 0.25) is 5.91 Å². The molecule has 4 nitrogen and oxygen atoms in total. The second kappa shape index (κ2) is 7.14. The quantitative estimate of drug-likeness (QED) is 0.759. The normalized spacial score (nSPS) is 12.7. The van der Waals surface area contributed by atoms with E-state index >= 15 is 0 Å². The van der Waals surface area contributed by atoms with Gasteiger partial charge < -0.3 is 10.2 Å². The summed E-state index contributed by atoms with van der Waals surface area (Å²) < 4.78 is 0. The van der Waals surface area contributed by atoms with Crippen LogP contribution >= 0.6 is 11.3 Å². The predicted molar refractivity (Wildman–Crippen MR) is 105 cm³/mol. The Labute approximate surface area is 156 Å². The Hall–Kier alpha value is -2.92. The third-order valence-corrected chi connectivity index (χ3v) is 5.32. The minimum absolute atomic E-state index is 0.0128. The van der Waals surface area contributed by atoms with Crippen LogP contribution in [0.4, 0.5) is 11.4 Å². The maximum absolute atomic E-state index is 12.7. The van der Waals surface area contributed by atoms with E-state index in [0.29, 0.717) is 18.5 Å². The summed E-state index contributed by atoms with van der Waals surface area (Å²) in [6.45, 7) is 0.662. The number of hydrogen-bond acceptors (Lipinski definition) is 3. The molecule has 2 amide bonds. The van der Waals surface area contributed by atoms with Gasteiger partial charge in [0.25, 0.3) is 5.91 Å². The number of hydrogen-bond donors (Lipinski definition) is 1. The molecule has 0 saturated heterocycles. The highest BCUT2D eigenvalue weighted by molar-refractivity contribution is 7.10. The number of amides is 2. The fraction of sp³-hybridized carbons (Fsp3) is 0.143. The number of carbonyl (C=O) groups excluding carboxylic acids is 2. The van der Waals surface area contributed by atoms with E-state index in [2.05, 4.69) is 5.32 Å². The van der Waals surface area contributed by atoms with Crippen molar-refractivity contribution in [2.45, 2.75) is 12.8 Å². The van der Waals surface area contributed by atoms with Crippen molar-refractivity contribution in [3.05, 3.63) is 82.0 Å². The number of nitrogens with zero attached hydrogens (tertiary/aromatic N) is 1. The van der Waals surface area contributed by atoms with Crippen LogP contribution in [0.2, 0.25) is 0 Å². The smallest absolute Gasteiger partial charge is 0.258 e. The molecule has 0 aliphatic carbocycles. The van der Waals surface area contributed by atoms with Gasteiger partial charge in [-0.15, -0.1) is 11.3 Å². The van der Waals surface area contributed by atoms with Gasteiger partial charge in [-0.1, -0.05) is 24.3 Å². The first-order valence-electron chi connectivity index (χ1n) is 8.53. The molecule has 0 spiro atoms. The summed E-state index contributed by atoms with van der Waals surface area (Å²) in [6, 6.07) is 19.0. The first kappa shape index (κ1) is 16.5. The molecule has 0 radical (unpaired) electrons. The lowest BCUT2D eigenvalue weighted by atomic mass is 10.1. The molecule has 2 aromatic carbocycles. The van der Waals surface area contributed by atoms with Crippen molar-refractivity contribution in [2.24, 2.45) is 0 Å². The number of carbonyl (C=O) groups is 2. The fourth-order valence-electron chi connectivity index (χ4n) is 3.20. The van der Waals surface area contributed by atoms with Crippen LogP contribution in [0, 0.1) is 0 Å². The van der Waals surface area contributed by atoms with Crippen LogP contribution in [0.1, 0.15) is 20.8 Å². The third kappa shape index (κ3) is 3.39. The average molecular weight is 362 g/mol.